The average Bonchev–Trinajstić information content (AvgIpc) is 2.99. The van der Waals surface area contributed by atoms with Crippen LogP contribution in [0.2, 0.25) is 0 Å². The van der Waals surface area contributed by atoms with E-state index in [2.05, 4.69) is 15.2 Å². The van der Waals surface area contributed by atoms with Crippen molar-refractivity contribution in [3.63, 3.8) is 0 Å². The number of likely N-dealkylation sites (tertiary alicyclic amines) is 1. The van der Waals surface area contributed by atoms with Gasteiger partial charge in [-0.05, 0) is 38.8 Å². The number of urea groups is 1. The summed E-state index contributed by atoms with van der Waals surface area (Å²) in [5.74, 6) is 0.183. The fourth-order valence-electron chi connectivity index (χ4n) is 3.50. The van der Waals surface area contributed by atoms with Gasteiger partial charge in [0.1, 0.15) is 5.82 Å². The van der Waals surface area contributed by atoms with Crippen molar-refractivity contribution in [2.75, 3.05) is 20.1 Å². The molecular formula is C16H25F2N5O. The summed E-state index contributed by atoms with van der Waals surface area (Å²) < 4.78 is 26.4. The minimum absolute atomic E-state index is 0.0610. The van der Waals surface area contributed by atoms with Gasteiger partial charge in [-0.2, -0.15) is 8.78 Å². The SMILES string of the molecule is CN(Cc1nccn1C(F)F)C(=O)NC1CC(N2CCCCC2)C1. The molecule has 2 aliphatic rings. The minimum atomic E-state index is -2.64. The summed E-state index contributed by atoms with van der Waals surface area (Å²) in [6.07, 6.45) is 8.36. The number of carbonyl (C=O) groups is 1. The quantitative estimate of drug-likeness (QED) is 0.895. The number of carbonyl (C=O) groups excluding carboxylic acids is 1. The Hall–Kier alpha value is -1.70. The highest BCUT2D eigenvalue weighted by molar-refractivity contribution is 5.74. The zero-order chi connectivity index (χ0) is 17.1. The predicted molar refractivity (Wildman–Crippen MR) is 85.7 cm³/mol. The molecule has 1 saturated heterocycles. The maximum atomic E-state index is 12.8. The van der Waals surface area contributed by atoms with E-state index in [1.807, 2.05) is 0 Å². The fourth-order valence-corrected chi connectivity index (χ4v) is 3.50. The van der Waals surface area contributed by atoms with Crippen LogP contribution in [0.15, 0.2) is 12.4 Å². The van der Waals surface area contributed by atoms with Crippen LogP contribution in [0.4, 0.5) is 13.6 Å². The molecule has 2 amide bonds. The van der Waals surface area contributed by atoms with E-state index in [1.165, 1.54) is 49.6 Å². The molecule has 1 saturated carbocycles. The van der Waals surface area contributed by atoms with Crippen molar-refractivity contribution in [1.82, 2.24) is 24.7 Å². The first kappa shape index (κ1) is 17.1. The van der Waals surface area contributed by atoms with Gasteiger partial charge >= 0.3 is 12.6 Å². The van der Waals surface area contributed by atoms with Gasteiger partial charge in [0.15, 0.2) is 0 Å². The largest absolute Gasteiger partial charge is 0.335 e. The number of halogens is 2. The molecule has 1 aromatic rings. The van der Waals surface area contributed by atoms with Gasteiger partial charge in [-0.15, -0.1) is 0 Å². The molecule has 3 rings (SSSR count). The van der Waals surface area contributed by atoms with E-state index in [9.17, 15) is 13.6 Å². The summed E-state index contributed by atoms with van der Waals surface area (Å²) in [5.41, 5.74) is 0. The molecule has 6 nitrogen and oxygen atoms in total. The molecule has 0 atom stereocenters. The molecule has 1 aliphatic heterocycles. The summed E-state index contributed by atoms with van der Waals surface area (Å²) in [6, 6.07) is 0.529. The van der Waals surface area contributed by atoms with Crippen molar-refractivity contribution in [3.8, 4) is 0 Å². The number of nitrogens with zero attached hydrogens (tertiary/aromatic N) is 4. The van der Waals surface area contributed by atoms with Gasteiger partial charge in [0.05, 0.1) is 6.54 Å². The van der Waals surface area contributed by atoms with Gasteiger partial charge in [0.2, 0.25) is 0 Å². The minimum Gasteiger partial charge on any atom is -0.335 e. The molecule has 24 heavy (non-hydrogen) atoms. The number of nitrogens with one attached hydrogen (secondary N) is 1. The standard InChI is InChI=1S/C16H25F2N5O/c1-21(11-14-19-5-8-23(14)15(17)18)16(24)20-12-9-13(10-12)22-6-3-2-4-7-22/h5,8,12-13,15H,2-4,6-7,9-11H2,1H3,(H,20,24). The van der Waals surface area contributed by atoms with Crippen LogP contribution in [0.1, 0.15) is 44.5 Å². The van der Waals surface area contributed by atoms with Gasteiger partial charge in [-0.1, -0.05) is 6.42 Å². The van der Waals surface area contributed by atoms with Crippen molar-refractivity contribution in [2.45, 2.75) is 57.3 Å². The lowest BCUT2D eigenvalue weighted by atomic mass is 9.84. The van der Waals surface area contributed by atoms with E-state index in [-0.39, 0.29) is 24.4 Å². The number of piperidine rings is 1. The molecule has 1 aromatic heterocycles. The maximum absolute atomic E-state index is 12.8. The van der Waals surface area contributed by atoms with Crippen LogP contribution in [-0.4, -0.2) is 57.6 Å². The molecule has 0 spiro atoms. The van der Waals surface area contributed by atoms with Crippen LogP contribution in [0, 0.1) is 0 Å². The summed E-state index contributed by atoms with van der Waals surface area (Å²) >= 11 is 0. The number of imidazole rings is 1. The van der Waals surface area contributed by atoms with Crippen molar-refractivity contribution in [2.24, 2.45) is 0 Å². The highest BCUT2D eigenvalue weighted by Gasteiger charge is 2.35. The molecule has 1 N–H and O–H groups in total. The molecule has 2 heterocycles. The summed E-state index contributed by atoms with van der Waals surface area (Å²) in [5, 5.41) is 2.98. The molecule has 0 aromatic carbocycles. The van der Waals surface area contributed by atoms with Gasteiger partial charge < -0.3 is 15.1 Å². The predicted octanol–water partition coefficient (Wildman–Crippen LogP) is 2.44. The van der Waals surface area contributed by atoms with E-state index < -0.39 is 6.55 Å². The number of rotatable bonds is 5. The maximum Gasteiger partial charge on any atom is 0.319 e. The van der Waals surface area contributed by atoms with E-state index in [0.717, 1.165) is 17.4 Å². The molecule has 0 bridgehead atoms. The second-order valence-electron chi connectivity index (χ2n) is 6.75. The molecule has 0 radical (unpaired) electrons. The Morgan fingerprint density at radius 1 is 1.38 bits per heavy atom. The number of alkyl halides is 2. The van der Waals surface area contributed by atoms with Crippen molar-refractivity contribution in [3.05, 3.63) is 18.2 Å². The zero-order valence-corrected chi connectivity index (χ0v) is 14.0. The average molecular weight is 341 g/mol. The molecular weight excluding hydrogens is 316 g/mol. The van der Waals surface area contributed by atoms with E-state index in [4.69, 9.17) is 0 Å². The third-order valence-electron chi connectivity index (χ3n) is 5.03. The van der Waals surface area contributed by atoms with Crippen LogP contribution < -0.4 is 5.32 Å². The lowest BCUT2D eigenvalue weighted by Crippen LogP contribution is -2.56. The lowest BCUT2D eigenvalue weighted by molar-refractivity contribution is 0.0643. The van der Waals surface area contributed by atoms with Crippen LogP contribution in [-0.2, 0) is 6.54 Å². The van der Waals surface area contributed by atoms with Crippen molar-refractivity contribution >= 4 is 6.03 Å². The number of aromatic nitrogens is 2. The monoisotopic (exact) mass is 341 g/mol. The van der Waals surface area contributed by atoms with Gasteiger partial charge in [-0.3, -0.25) is 4.57 Å². The van der Waals surface area contributed by atoms with Crippen molar-refractivity contribution < 1.29 is 13.6 Å². The number of hydrogen-bond acceptors (Lipinski definition) is 3. The van der Waals surface area contributed by atoms with Crippen LogP contribution >= 0.6 is 0 Å². The second kappa shape index (κ2) is 7.46. The van der Waals surface area contributed by atoms with Crippen LogP contribution in [0.5, 0.6) is 0 Å². The van der Waals surface area contributed by atoms with Crippen LogP contribution in [0.3, 0.4) is 0 Å². The number of hydrogen-bond donors (Lipinski definition) is 1. The highest BCUT2D eigenvalue weighted by atomic mass is 19.3. The first-order valence-corrected chi connectivity index (χ1v) is 8.60. The third kappa shape index (κ3) is 3.85. The first-order chi connectivity index (χ1) is 11.5. The molecule has 8 heteroatoms. The topological polar surface area (TPSA) is 53.4 Å². The smallest absolute Gasteiger partial charge is 0.319 e. The van der Waals surface area contributed by atoms with Gasteiger partial charge in [0.25, 0.3) is 0 Å². The Morgan fingerprint density at radius 2 is 2.08 bits per heavy atom. The first-order valence-electron chi connectivity index (χ1n) is 8.60. The normalized spacial score (nSPS) is 24.7. The number of amides is 2. The van der Waals surface area contributed by atoms with E-state index in [0.29, 0.717) is 6.04 Å². The summed E-state index contributed by atoms with van der Waals surface area (Å²) in [4.78, 5) is 20.0. The highest BCUT2D eigenvalue weighted by Crippen LogP contribution is 2.28. The Balaban J connectivity index is 1.43. The zero-order valence-electron chi connectivity index (χ0n) is 14.0. The summed E-state index contributed by atoms with van der Waals surface area (Å²) in [6.45, 7) is -0.245. The fraction of sp³-hybridized carbons (Fsp3) is 0.750. The van der Waals surface area contributed by atoms with E-state index in [1.54, 1.807) is 7.05 Å². The lowest BCUT2D eigenvalue weighted by Gasteiger charge is -2.45. The Labute approximate surface area is 140 Å². The Kier molecular flexibility index (Phi) is 5.33. The molecule has 2 fully saturated rings. The Morgan fingerprint density at radius 3 is 2.75 bits per heavy atom. The van der Waals surface area contributed by atoms with Crippen LogP contribution in [0.25, 0.3) is 0 Å². The summed E-state index contributed by atoms with van der Waals surface area (Å²) in [7, 11) is 1.60. The molecule has 0 unspecified atom stereocenters. The second-order valence-corrected chi connectivity index (χ2v) is 6.75. The molecule has 134 valence electrons. The molecule has 1 aliphatic carbocycles. The van der Waals surface area contributed by atoms with Gasteiger partial charge in [0, 0.05) is 31.5 Å². The van der Waals surface area contributed by atoms with E-state index >= 15 is 0 Å². The third-order valence-corrected chi connectivity index (χ3v) is 5.03. The van der Waals surface area contributed by atoms with Crippen molar-refractivity contribution in [1.29, 1.82) is 0 Å². The van der Waals surface area contributed by atoms with Gasteiger partial charge in [-0.25, -0.2) is 9.78 Å². The Bertz CT molecular complexity index is 552.